The van der Waals surface area contributed by atoms with E-state index in [1.807, 2.05) is 0 Å². The molecule has 0 aliphatic rings. The minimum absolute atomic E-state index is 0.0733. The topological polar surface area (TPSA) is 95.5 Å². The van der Waals surface area contributed by atoms with Crippen molar-refractivity contribution in [3.63, 3.8) is 0 Å². The van der Waals surface area contributed by atoms with Gasteiger partial charge in [-0.3, -0.25) is 10.1 Å². The molecule has 0 saturated carbocycles. The van der Waals surface area contributed by atoms with Gasteiger partial charge in [0.2, 0.25) is 0 Å². The summed E-state index contributed by atoms with van der Waals surface area (Å²) in [6.07, 6.45) is 0. The smallest absolute Gasteiger partial charge is 0.341 e. The maximum Gasteiger partial charge on any atom is 0.341 e. The zero-order valence-corrected chi connectivity index (χ0v) is 11.5. The van der Waals surface area contributed by atoms with Crippen LogP contribution >= 0.6 is 11.3 Å². The molecule has 0 aliphatic carbocycles. The quantitative estimate of drug-likeness (QED) is 0.530. The van der Waals surface area contributed by atoms with Gasteiger partial charge in [0.1, 0.15) is 10.6 Å². The molecule has 0 amide bonds. The molecule has 0 atom stereocenters. The van der Waals surface area contributed by atoms with E-state index in [2.05, 4.69) is 0 Å². The van der Waals surface area contributed by atoms with Crippen LogP contribution in [0.2, 0.25) is 0 Å². The number of hydrogen-bond acceptors (Lipinski definition) is 6. The molecule has 104 valence electrons. The Kier molecular flexibility index (Phi) is 3.99. The fourth-order valence-electron chi connectivity index (χ4n) is 1.85. The van der Waals surface area contributed by atoms with E-state index in [0.29, 0.717) is 11.1 Å². The van der Waals surface area contributed by atoms with Crippen LogP contribution < -0.4 is 5.73 Å². The third-order valence-electron chi connectivity index (χ3n) is 2.69. The van der Waals surface area contributed by atoms with Crippen LogP contribution in [0.4, 0.5) is 10.7 Å². The van der Waals surface area contributed by atoms with Gasteiger partial charge in [-0.1, -0.05) is 12.1 Å². The molecular formula is C13H12N2O4S. The molecule has 6 nitrogen and oxygen atoms in total. The summed E-state index contributed by atoms with van der Waals surface area (Å²) in [6.45, 7) is 1.90. The van der Waals surface area contributed by atoms with Crippen LogP contribution in [0.1, 0.15) is 17.3 Å². The number of nitro groups is 1. The number of nitro benzene ring substituents is 1. The Labute approximate surface area is 118 Å². The number of thiophene rings is 1. The summed E-state index contributed by atoms with van der Waals surface area (Å²) in [7, 11) is 0. The number of para-hydroxylation sites is 1. The Morgan fingerprint density at radius 1 is 1.40 bits per heavy atom. The third kappa shape index (κ3) is 2.48. The highest BCUT2D eigenvalue weighted by atomic mass is 32.1. The predicted molar refractivity (Wildman–Crippen MR) is 76.8 cm³/mol. The maximum atomic E-state index is 11.9. The summed E-state index contributed by atoms with van der Waals surface area (Å²) in [4.78, 5) is 22.5. The first-order valence-electron chi connectivity index (χ1n) is 5.84. The van der Waals surface area contributed by atoms with Crippen molar-refractivity contribution in [2.75, 3.05) is 12.3 Å². The molecular weight excluding hydrogens is 280 g/mol. The molecule has 0 radical (unpaired) electrons. The van der Waals surface area contributed by atoms with Crippen LogP contribution in [-0.2, 0) is 4.74 Å². The average Bonchev–Trinajstić information content (AvgIpc) is 2.80. The van der Waals surface area contributed by atoms with Gasteiger partial charge in [0.05, 0.1) is 17.1 Å². The van der Waals surface area contributed by atoms with Crippen molar-refractivity contribution in [2.24, 2.45) is 0 Å². The van der Waals surface area contributed by atoms with Gasteiger partial charge in [-0.25, -0.2) is 4.79 Å². The van der Waals surface area contributed by atoms with Gasteiger partial charge < -0.3 is 10.5 Å². The molecule has 0 saturated heterocycles. The molecule has 0 aliphatic heterocycles. The van der Waals surface area contributed by atoms with E-state index < -0.39 is 10.9 Å². The van der Waals surface area contributed by atoms with Crippen molar-refractivity contribution in [2.45, 2.75) is 6.92 Å². The molecule has 1 aromatic carbocycles. The molecule has 0 bridgehead atoms. The fourth-order valence-corrected chi connectivity index (χ4v) is 2.65. The van der Waals surface area contributed by atoms with Gasteiger partial charge in [0.15, 0.2) is 0 Å². The van der Waals surface area contributed by atoms with Gasteiger partial charge >= 0.3 is 5.97 Å². The van der Waals surface area contributed by atoms with Crippen LogP contribution in [0.5, 0.6) is 0 Å². The van der Waals surface area contributed by atoms with Crippen molar-refractivity contribution in [1.82, 2.24) is 0 Å². The lowest BCUT2D eigenvalue weighted by Gasteiger charge is -2.06. The Hall–Kier alpha value is -2.41. The molecule has 0 fully saturated rings. The molecule has 7 heteroatoms. The van der Waals surface area contributed by atoms with Crippen molar-refractivity contribution in [3.05, 3.63) is 45.3 Å². The zero-order valence-electron chi connectivity index (χ0n) is 10.7. The molecule has 0 unspecified atom stereocenters. The largest absolute Gasteiger partial charge is 0.462 e. The minimum Gasteiger partial charge on any atom is -0.462 e. The maximum absolute atomic E-state index is 11.9. The van der Waals surface area contributed by atoms with Gasteiger partial charge in [-0.2, -0.15) is 0 Å². The molecule has 1 aromatic heterocycles. The summed E-state index contributed by atoms with van der Waals surface area (Å²) in [5.41, 5.74) is 6.68. The third-order valence-corrected chi connectivity index (χ3v) is 3.50. The number of nitrogens with two attached hydrogens (primary N) is 1. The summed E-state index contributed by atoms with van der Waals surface area (Å²) in [5.74, 6) is -0.570. The summed E-state index contributed by atoms with van der Waals surface area (Å²) < 4.78 is 4.95. The number of carbonyl (C=O) groups excluding carboxylic acids is 1. The van der Waals surface area contributed by atoms with Crippen LogP contribution in [0.25, 0.3) is 11.1 Å². The summed E-state index contributed by atoms with van der Waals surface area (Å²) >= 11 is 1.15. The van der Waals surface area contributed by atoms with E-state index in [1.54, 1.807) is 30.5 Å². The average molecular weight is 292 g/mol. The van der Waals surface area contributed by atoms with Crippen LogP contribution in [-0.4, -0.2) is 17.5 Å². The molecule has 2 aromatic rings. The molecule has 1 heterocycles. The van der Waals surface area contributed by atoms with Crippen LogP contribution in [0, 0.1) is 10.1 Å². The molecule has 2 N–H and O–H groups in total. The number of ether oxygens (including phenoxy) is 1. The first kappa shape index (κ1) is 14.0. The SMILES string of the molecule is CCOC(=O)c1c(-c2ccccc2[N+](=O)[O-])csc1N. The normalized spacial score (nSPS) is 10.2. The van der Waals surface area contributed by atoms with E-state index in [9.17, 15) is 14.9 Å². The second-order valence-electron chi connectivity index (χ2n) is 3.88. The molecule has 0 spiro atoms. The first-order chi connectivity index (χ1) is 9.56. The van der Waals surface area contributed by atoms with E-state index in [0.717, 1.165) is 11.3 Å². The predicted octanol–water partition coefficient (Wildman–Crippen LogP) is 3.08. The summed E-state index contributed by atoms with van der Waals surface area (Å²) in [5, 5.41) is 13.0. The number of carbonyl (C=O) groups is 1. The van der Waals surface area contributed by atoms with Crippen molar-refractivity contribution >= 4 is 28.0 Å². The van der Waals surface area contributed by atoms with Gasteiger partial charge in [-0.15, -0.1) is 11.3 Å². The Morgan fingerprint density at radius 2 is 2.10 bits per heavy atom. The van der Waals surface area contributed by atoms with Gasteiger partial charge in [-0.05, 0) is 13.0 Å². The second kappa shape index (κ2) is 5.70. The number of anilines is 1. The highest BCUT2D eigenvalue weighted by molar-refractivity contribution is 7.15. The van der Waals surface area contributed by atoms with Crippen LogP contribution in [0.3, 0.4) is 0 Å². The van der Waals surface area contributed by atoms with E-state index >= 15 is 0 Å². The fraction of sp³-hybridized carbons (Fsp3) is 0.154. The lowest BCUT2D eigenvalue weighted by atomic mass is 10.0. The Balaban J connectivity index is 2.60. The summed E-state index contributed by atoms with van der Waals surface area (Å²) in [6, 6.07) is 6.22. The van der Waals surface area contributed by atoms with Gasteiger partial charge in [0, 0.05) is 17.0 Å². The standard InChI is InChI=1S/C13H12N2O4S/c1-2-19-13(16)11-9(7-20-12(11)14)8-5-3-4-6-10(8)15(17)18/h3-7H,2,14H2,1H3. The number of esters is 1. The number of rotatable bonds is 4. The van der Waals surface area contributed by atoms with Crippen LogP contribution in [0.15, 0.2) is 29.6 Å². The second-order valence-corrected chi connectivity index (χ2v) is 4.79. The highest BCUT2D eigenvalue weighted by Crippen LogP contribution is 2.38. The minimum atomic E-state index is -0.570. The lowest BCUT2D eigenvalue weighted by Crippen LogP contribution is -2.07. The number of nitrogens with zero attached hydrogens (tertiary/aromatic N) is 1. The van der Waals surface area contributed by atoms with Crippen molar-refractivity contribution in [1.29, 1.82) is 0 Å². The van der Waals surface area contributed by atoms with Crippen molar-refractivity contribution in [3.8, 4) is 11.1 Å². The van der Waals surface area contributed by atoms with E-state index in [1.165, 1.54) is 6.07 Å². The van der Waals surface area contributed by atoms with Crippen molar-refractivity contribution < 1.29 is 14.5 Å². The lowest BCUT2D eigenvalue weighted by molar-refractivity contribution is -0.384. The zero-order chi connectivity index (χ0) is 14.7. The molecule has 20 heavy (non-hydrogen) atoms. The van der Waals surface area contributed by atoms with E-state index in [-0.39, 0.29) is 22.9 Å². The van der Waals surface area contributed by atoms with E-state index in [4.69, 9.17) is 10.5 Å². The first-order valence-corrected chi connectivity index (χ1v) is 6.72. The Bertz CT molecular complexity index is 666. The highest BCUT2D eigenvalue weighted by Gasteiger charge is 2.24. The van der Waals surface area contributed by atoms with Gasteiger partial charge in [0.25, 0.3) is 5.69 Å². The number of nitrogen functional groups attached to an aromatic ring is 1. The number of benzene rings is 1. The number of hydrogen-bond donors (Lipinski definition) is 1. The molecule has 2 rings (SSSR count). The monoisotopic (exact) mass is 292 g/mol. The Morgan fingerprint density at radius 3 is 2.75 bits per heavy atom.